The summed E-state index contributed by atoms with van der Waals surface area (Å²) < 4.78 is 0. The van der Waals surface area contributed by atoms with Gasteiger partial charge in [0.05, 0.1) is 0 Å². The number of rotatable bonds is 4. The number of carbonyl (C=O) groups is 1. The molecule has 0 saturated carbocycles. The SMILES string of the molecule is Cc1ccc(SCc2cccc(C(=O)N3CC[C@@H]4CNC[C@@H]4CC3)c2)c(C)c1. The van der Waals surface area contributed by atoms with E-state index in [2.05, 4.69) is 54.4 Å². The standard InChI is InChI=1S/C24H30N2OS/c1-17-6-7-23(18(2)12-17)28-16-19-4-3-5-20(13-19)24(27)26-10-8-21-14-25-15-22(21)9-11-26/h3-7,12-13,21-22,25H,8-11,14-16H2,1-2H3/t21-,22+. The molecule has 0 radical (unpaired) electrons. The molecule has 3 nitrogen and oxygen atoms in total. The van der Waals surface area contributed by atoms with Gasteiger partial charge in [-0.05, 0) is 80.9 Å². The Kier molecular flexibility index (Phi) is 6.07. The topological polar surface area (TPSA) is 32.3 Å². The van der Waals surface area contributed by atoms with Crippen molar-refractivity contribution in [1.29, 1.82) is 0 Å². The van der Waals surface area contributed by atoms with Crippen LogP contribution < -0.4 is 5.32 Å². The number of hydrogen-bond donors (Lipinski definition) is 1. The van der Waals surface area contributed by atoms with Crippen molar-refractivity contribution in [1.82, 2.24) is 10.2 Å². The number of nitrogens with zero attached hydrogens (tertiary/aromatic N) is 1. The normalized spacial score (nSPS) is 22.0. The van der Waals surface area contributed by atoms with E-state index in [1.165, 1.54) is 21.6 Å². The summed E-state index contributed by atoms with van der Waals surface area (Å²) in [6, 6.07) is 14.8. The maximum Gasteiger partial charge on any atom is 0.253 e. The number of fused-ring (bicyclic) bond motifs is 1. The Bertz CT molecular complexity index is 836. The number of nitrogens with one attached hydrogen (secondary N) is 1. The predicted molar refractivity (Wildman–Crippen MR) is 117 cm³/mol. The monoisotopic (exact) mass is 394 g/mol. The summed E-state index contributed by atoms with van der Waals surface area (Å²) in [5, 5.41) is 3.50. The van der Waals surface area contributed by atoms with Gasteiger partial charge in [0.1, 0.15) is 0 Å². The third-order valence-electron chi connectivity index (χ3n) is 6.21. The van der Waals surface area contributed by atoms with E-state index in [1.807, 2.05) is 23.9 Å². The van der Waals surface area contributed by atoms with Gasteiger partial charge in [-0.1, -0.05) is 29.8 Å². The smallest absolute Gasteiger partial charge is 0.253 e. The quantitative estimate of drug-likeness (QED) is 0.765. The molecule has 2 aromatic rings. The van der Waals surface area contributed by atoms with Crippen molar-refractivity contribution in [3.63, 3.8) is 0 Å². The minimum atomic E-state index is 0.200. The third-order valence-corrected chi connectivity index (χ3v) is 7.45. The summed E-state index contributed by atoms with van der Waals surface area (Å²) in [6.45, 7) is 8.32. The van der Waals surface area contributed by atoms with Gasteiger partial charge in [-0.3, -0.25) is 4.79 Å². The van der Waals surface area contributed by atoms with E-state index < -0.39 is 0 Å². The molecule has 2 aliphatic heterocycles. The lowest BCUT2D eigenvalue weighted by Crippen LogP contribution is -2.32. The minimum absolute atomic E-state index is 0.200. The number of aryl methyl sites for hydroxylation is 2. The zero-order valence-corrected chi connectivity index (χ0v) is 17.7. The van der Waals surface area contributed by atoms with Gasteiger partial charge >= 0.3 is 0 Å². The first-order chi connectivity index (χ1) is 13.6. The average molecular weight is 395 g/mol. The third kappa shape index (κ3) is 4.44. The van der Waals surface area contributed by atoms with Gasteiger partial charge in [0.2, 0.25) is 0 Å². The van der Waals surface area contributed by atoms with Crippen LogP contribution in [0.5, 0.6) is 0 Å². The lowest BCUT2D eigenvalue weighted by molar-refractivity contribution is 0.0758. The molecule has 2 saturated heterocycles. The van der Waals surface area contributed by atoms with E-state index in [4.69, 9.17) is 0 Å². The highest BCUT2D eigenvalue weighted by Crippen LogP contribution is 2.29. The Morgan fingerprint density at radius 3 is 2.54 bits per heavy atom. The minimum Gasteiger partial charge on any atom is -0.339 e. The summed E-state index contributed by atoms with van der Waals surface area (Å²) in [4.78, 5) is 16.5. The molecule has 4 rings (SSSR count). The maximum atomic E-state index is 13.1. The van der Waals surface area contributed by atoms with Gasteiger partial charge in [-0.15, -0.1) is 11.8 Å². The van der Waals surface area contributed by atoms with Gasteiger partial charge in [0.15, 0.2) is 0 Å². The van der Waals surface area contributed by atoms with Crippen molar-refractivity contribution >= 4 is 17.7 Å². The molecule has 2 aromatic carbocycles. The lowest BCUT2D eigenvalue weighted by Gasteiger charge is -2.21. The zero-order chi connectivity index (χ0) is 19.5. The molecule has 1 N–H and O–H groups in total. The summed E-state index contributed by atoms with van der Waals surface area (Å²) in [7, 11) is 0. The zero-order valence-electron chi connectivity index (χ0n) is 16.9. The molecule has 2 fully saturated rings. The molecule has 2 heterocycles. The van der Waals surface area contributed by atoms with Crippen LogP contribution in [0, 0.1) is 25.7 Å². The number of likely N-dealkylation sites (tertiary alicyclic amines) is 1. The predicted octanol–water partition coefficient (Wildman–Crippen LogP) is 4.67. The summed E-state index contributed by atoms with van der Waals surface area (Å²) >= 11 is 1.85. The Balaban J connectivity index is 1.40. The molecule has 0 aliphatic carbocycles. The van der Waals surface area contributed by atoms with Gasteiger partial charge in [-0.2, -0.15) is 0 Å². The molecule has 0 unspecified atom stereocenters. The number of carbonyl (C=O) groups excluding carboxylic acids is 1. The van der Waals surface area contributed by atoms with Crippen molar-refractivity contribution in [2.75, 3.05) is 26.2 Å². The highest BCUT2D eigenvalue weighted by molar-refractivity contribution is 7.98. The number of thioether (sulfide) groups is 1. The first-order valence-corrected chi connectivity index (χ1v) is 11.4. The van der Waals surface area contributed by atoms with Gasteiger partial charge in [-0.25, -0.2) is 0 Å². The van der Waals surface area contributed by atoms with Crippen molar-refractivity contribution in [2.24, 2.45) is 11.8 Å². The molecular formula is C24H30N2OS. The fraction of sp³-hybridized carbons (Fsp3) is 0.458. The summed E-state index contributed by atoms with van der Waals surface area (Å²) in [6.07, 6.45) is 2.26. The van der Waals surface area contributed by atoms with Crippen molar-refractivity contribution in [3.8, 4) is 0 Å². The van der Waals surface area contributed by atoms with Crippen LogP contribution in [0.3, 0.4) is 0 Å². The number of hydrogen-bond acceptors (Lipinski definition) is 3. The second-order valence-electron chi connectivity index (χ2n) is 8.31. The van der Waals surface area contributed by atoms with E-state index >= 15 is 0 Å². The number of amides is 1. The Morgan fingerprint density at radius 1 is 1.07 bits per heavy atom. The summed E-state index contributed by atoms with van der Waals surface area (Å²) in [5.74, 6) is 2.59. The summed E-state index contributed by atoms with van der Waals surface area (Å²) in [5.41, 5.74) is 4.67. The van der Waals surface area contributed by atoms with E-state index in [0.29, 0.717) is 0 Å². The van der Waals surface area contributed by atoms with Crippen LogP contribution in [0.2, 0.25) is 0 Å². The van der Waals surface area contributed by atoms with E-state index in [0.717, 1.165) is 62.2 Å². The second kappa shape index (κ2) is 8.71. The van der Waals surface area contributed by atoms with Crippen molar-refractivity contribution in [3.05, 3.63) is 64.7 Å². The number of benzene rings is 2. The molecule has 2 atom stereocenters. The largest absolute Gasteiger partial charge is 0.339 e. The lowest BCUT2D eigenvalue weighted by atomic mass is 9.92. The Hall–Kier alpha value is -1.78. The molecule has 0 bridgehead atoms. The van der Waals surface area contributed by atoms with Gasteiger partial charge < -0.3 is 10.2 Å². The first kappa shape index (κ1) is 19.5. The fourth-order valence-electron chi connectivity index (χ4n) is 4.52. The van der Waals surface area contributed by atoms with Gasteiger partial charge in [0.25, 0.3) is 5.91 Å². The molecular weight excluding hydrogens is 364 g/mol. The highest BCUT2D eigenvalue weighted by atomic mass is 32.2. The molecule has 4 heteroatoms. The van der Waals surface area contributed by atoms with E-state index in [9.17, 15) is 4.79 Å². The molecule has 1 amide bonds. The van der Waals surface area contributed by atoms with Crippen LogP contribution >= 0.6 is 11.8 Å². The second-order valence-corrected chi connectivity index (χ2v) is 9.32. The van der Waals surface area contributed by atoms with Crippen LogP contribution in [0.1, 0.15) is 39.9 Å². The molecule has 2 aliphatic rings. The van der Waals surface area contributed by atoms with E-state index in [-0.39, 0.29) is 5.91 Å². The molecule has 0 spiro atoms. The van der Waals surface area contributed by atoms with Crippen LogP contribution in [-0.4, -0.2) is 37.0 Å². The van der Waals surface area contributed by atoms with Crippen molar-refractivity contribution in [2.45, 2.75) is 37.3 Å². The van der Waals surface area contributed by atoms with Gasteiger partial charge in [0, 0.05) is 29.3 Å². The van der Waals surface area contributed by atoms with Crippen LogP contribution in [0.15, 0.2) is 47.4 Å². The average Bonchev–Trinajstić information content (AvgIpc) is 3.05. The molecule has 148 valence electrons. The van der Waals surface area contributed by atoms with E-state index in [1.54, 1.807) is 0 Å². The molecule has 0 aromatic heterocycles. The Morgan fingerprint density at radius 2 is 1.82 bits per heavy atom. The Labute approximate surface area is 172 Å². The molecule has 28 heavy (non-hydrogen) atoms. The van der Waals surface area contributed by atoms with Crippen molar-refractivity contribution < 1.29 is 4.79 Å². The highest BCUT2D eigenvalue weighted by Gasteiger charge is 2.31. The maximum absolute atomic E-state index is 13.1. The van der Waals surface area contributed by atoms with Crippen LogP contribution in [-0.2, 0) is 5.75 Å². The fourth-order valence-corrected chi connectivity index (χ4v) is 5.47. The van der Waals surface area contributed by atoms with Crippen LogP contribution in [0.4, 0.5) is 0 Å². The first-order valence-electron chi connectivity index (χ1n) is 10.4. The van der Waals surface area contributed by atoms with Crippen LogP contribution in [0.25, 0.3) is 0 Å².